The molecule has 2 aromatic carbocycles. The molecule has 1 saturated heterocycles. The van der Waals surface area contributed by atoms with Gasteiger partial charge in [0.2, 0.25) is 0 Å². The largest absolute Gasteiger partial charge is 0.495 e. The predicted octanol–water partition coefficient (Wildman–Crippen LogP) is 5.69. The van der Waals surface area contributed by atoms with Crippen LogP contribution in [0.2, 0.25) is 0 Å². The van der Waals surface area contributed by atoms with Gasteiger partial charge < -0.3 is 33.7 Å². The Morgan fingerprint density at radius 2 is 1.74 bits per heavy atom. The van der Waals surface area contributed by atoms with Crippen molar-refractivity contribution in [2.24, 2.45) is 0 Å². The molecular formula is C34H40N8O7S. The van der Waals surface area contributed by atoms with Crippen molar-refractivity contribution >= 4 is 38.3 Å². The maximum atomic E-state index is 14.0. The molecule has 2 N–H and O–H groups in total. The van der Waals surface area contributed by atoms with E-state index < -0.39 is 10.0 Å². The Kier molecular flexibility index (Phi) is 9.24. The zero-order valence-electron chi connectivity index (χ0n) is 28.6. The van der Waals surface area contributed by atoms with E-state index in [0.29, 0.717) is 52.1 Å². The van der Waals surface area contributed by atoms with Gasteiger partial charge >= 0.3 is 0 Å². The maximum Gasteiger partial charge on any atom is 0.270 e. The fourth-order valence-electron chi connectivity index (χ4n) is 6.14. The molecule has 15 nitrogen and oxygen atoms in total. The first-order chi connectivity index (χ1) is 24.2. The minimum absolute atomic E-state index is 0.0347. The molecule has 1 saturated carbocycles. The predicted molar refractivity (Wildman–Crippen MR) is 186 cm³/mol. The van der Waals surface area contributed by atoms with E-state index in [0.717, 1.165) is 50.1 Å². The van der Waals surface area contributed by atoms with Crippen molar-refractivity contribution in [2.75, 3.05) is 52.1 Å². The number of aromatic nitrogens is 5. The molecule has 0 spiro atoms. The Morgan fingerprint density at radius 3 is 2.40 bits per heavy atom. The standard InChI is InChI=1S/C34H40N8O7S/c1-41(2)19-22-11-12-35-33(36-22)21-14-28(46-4)32(29(15-21)47-5)50(43,44)40-34-23-16-27(45-3)24(17-26(23)49-39-34)37-30-18-25(20-9-10-20)42(38-30)31-8-6-7-13-48-31/h11-12,14-18,20,31H,6-10,13,19H2,1-5H3,(H,37,38)(H,39,40). The highest BCUT2D eigenvalue weighted by Gasteiger charge is 2.32. The van der Waals surface area contributed by atoms with Crippen LogP contribution in [0.1, 0.15) is 55.6 Å². The molecule has 0 amide bonds. The second kappa shape index (κ2) is 13.8. The van der Waals surface area contributed by atoms with Crippen molar-refractivity contribution in [1.29, 1.82) is 0 Å². The van der Waals surface area contributed by atoms with Crippen LogP contribution in [0.3, 0.4) is 0 Å². The number of ether oxygens (including phenoxy) is 4. The summed E-state index contributed by atoms with van der Waals surface area (Å²) in [6.45, 7) is 1.33. The lowest BCUT2D eigenvalue weighted by atomic mass is 10.1. The van der Waals surface area contributed by atoms with E-state index in [4.69, 9.17) is 28.6 Å². The number of nitrogens with zero attached hydrogens (tertiary/aromatic N) is 6. The lowest BCUT2D eigenvalue weighted by molar-refractivity contribution is -0.0409. The van der Waals surface area contributed by atoms with Gasteiger partial charge in [0.15, 0.2) is 34.2 Å². The first-order valence-corrected chi connectivity index (χ1v) is 17.9. The van der Waals surface area contributed by atoms with Crippen molar-refractivity contribution in [2.45, 2.75) is 55.7 Å². The third-order valence-corrected chi connectivity index (χ3v) is 10.1. The molecule has 50 heavy (non-hydrogen) atoms. The van der Waals surface area contributed by atoms with Gasteiger partial charge in [-0.15, -0.1) is 0 Å². The summed E-state index contributed by atoms with van der Waals surface area (Å²) in [4.78, 5) is 10.8. The molecule has 1 atom stereocenters. The normalized spacial score (nSPS) is 16.5. The zero-order valence-corrected chi connectivity index (χ0v) is 29.4. The van der Waals surface area contributed by atoms with E-state index in [1.54, 1.807) is 30.5 Å². The second-order valence-corrected chi connectivity index (χ2v) is 14.2. The number of benzene rings is 2. The van der Waals surface area contributed by atoms with E-state index in [2.05, 4.69) is 31.2 Å². The van der Waals surface area contributed by atoms with Crippen LogP contribution in [0.25, 0.3) is 22.4 Å². The van der Waals surface area contributed by atoms with Gasteiger partial charge in [-0.25, -0.2) is 23.1 Å². The molecule has 264 valence electrons. The van der Waals surface area contributed by atoms with Crippen molar-refractivity contribution in [3.05, 3.63) is 54.0 Å². The first-order valence-electron chi connectivity index (χ1n) is 16.4. The van der Waals surface area contributed by atoms with Crippen molar-refractivity contribution in [3.63, 3.8) is 0 Å². The Bertz CT molecular complexity index is 2100. The van der Waals surface area contributed by atoms with Crippen LogP contribution in [-0.4, -0.2) is 80.3 Å². The van der Waals surface area contributed by atoms with Gasteiger partial charge in [-0.3, -0.25) is 4.72 Å². The van der Waals surface area contributed by atoms with Crippen molar-refractivity contribution in [3.8, 4) is 28.6 Å². The van der Waals surface area contributed by atoms with E-state index >= 15 is 0 Å². The summed E-state index contributed by atoms with van der Waals surface area (Å²) < 4.78 is 61.0. The van der Waals surface area contributed by atoms with E-state index in [1.807, 2.05) is 29.7 Å². The van der Waals surface area contributed by atoms with Crippen LogP contribution in [0.15, 0.2) is 52.0 Å². The average Bonchev–Trinajstić information content (AvgIpc) is 3.77. The summed E-state index contributed by atoms with van der Waals surface area (Å²) in [7, 11) is 3.85. The molecule has 5 aromatic rings. The van der Waals surface area contributed by atoms with Gasteiger partial charge in [-0.2, -0.15) is 5.10 Å². The Morgan fingerprint density at radius 1 is 0.980 bits per heavy atom. The Labute approximate surface area is 289 Å². The van der Waals surface area contributed by atoms with Crippen LogP contribution in [0, 0.1) is 0 Å². The first kappa shape index (κ1) is 33.6. The number of hydrogen-bond acceptors (Lipinski definition) is 13. The summed E-state index contributed by atoms with van der Waals surface area (Å²) in [5.74, 6) is 1.99. The number of fused-ring (bicyclic) bond motifs is 1. The van der Waals surface area contributed by atoms with Gasteiger partial charge in [-0.05, 0) is 70.5 Å². The number of hydrogen-bond donors (Lipinski definition) is 2. The molecule has 1 unspecified atom stereocenters. The molecule has 16 heteroatoms. The van der Waals surface area contributed by atoms with Gasteiger partial charge in [0.1, 0.15) is 17.2 Å². The van der Waals surface area contributed by atoms with Crippen LogP contribution in [-0.2, 0) is 21.3 Å². The Hall–Kier alpha value is -4.93. The van der Waals surface area contributed by atoms with E-state index in [-0.39, 0.29) is 28.4 Å². The van der Waals surface area contributed by atoms with E-state index in [9.17, 15) is 8.42 Å². The zero-order chi connectivity index (χ0) is 35.0. The van der Waals surface area contributed by atoms with Crippen LogP contribution in [0.4, 0.5) is 17.3 Å². The van der Waals surface area contributed by atoms with Gasteiger partial charge in [0, 0.05) is 48.7 Å². The summed E-state index contributed by atoms with van der Waals surface area (Å²) >= 11 is 0. The molecular weight excluding hydrogens is 664 g/mol. The molecule has 4 heterocycles. The number of rotatable bonds is 13. The third-order valence-electron chi connectivity index (χ3n) is 8.65. The number of sulfonamides is 1. The van der Waals surface area contributed by atoms with Crippen LogP contribution >= 0.6 is 0 Å². The molecule has 1 aliphatic carbocycles. The molecule has 0 radical (unpaired) electrons. The molecule has 2 fully saturated rings. The summed E-state index contributed by atoms with van der Waals surface area (Å²) in [6.07, 6.45) is 6.92. The quantitative estimate of drug-likeness (QED) is 0.154. The fourth-order valence-corrected chi connectivity index (χ4v) is 7.46. The summed E-state index contributed by atoms with van der Waals surface area (Å²) in [5.41, 5.74) is 3.38. The molecule has 7 rings (SSSR count). The maximum absolute atomic E-state index is 14.0. The van der Waals surface area contributed by atoms with Crippen molar-refractivity contribution in [1.82, 2.24) is 29.8 Å². The van der Waals surface area contributed by atoms with Crippen molar-refractivity contribution < 1.29 is 31.9 Å². The number of anilines is 3. The monoisotopic (exact) mass is 704 g/mol. The van der Waals surface area contributed by atoms with Gasteiger partial charge in [0.05, 0.1) is 38.1 Å². The lowest BCUT2D eigenvalue weighted by Gasteiger charge is -2.24. The van der Waals surface area contributed by atoms with Crippen LogP contribution < -0.4 is 24.2 Å². The molecule has 3 aromatic heterocycles. The smallest absolute Gasteiger partial charge is 0.270 e. The highest BCUT2D eigenvalue weighted by atomic mass is 32.2. The molecule has 0 bridgehead atoms. The highest BCUT2D eigenvalue weighted by Crippen LogP contribution is 2.44. The number of methoxy groups -OCH3 is 3. The second-order valence-electron chi connectivity index (χ2n) is 12.6. The van der Waals surface area contributed by atoms with Crippen LogP contribution in [0.5, 0.6) is 17.2 Å². The minimum atomic E-state index is -4.33. The lowest BCUT2D eigenvalue weighted by Crippen LogP contribution is -2.20. The SMILES string of the molecule is COc1cc2c(NS(=O)(=O)c3c(OC)cc(-c4nccc(CN(C)C)n4)cc3OC)noc2cc1Nc1cc(C2CC2)n(C2CCCCO2)n1. The fraction of sp³-hybridized carbons (Fsp3) is 0.412. The average molecular weight is 705 g/mol. The molecule has 2 aliphatic rings. The van der Waals surface area contributed by atoms with Gasteiger partial charge in [0.25, 0.3) is 10.0 Å². The topological polar surface area (TPSA) is 168 Å². The van der Waals surface area contributed by atoms with Gasteiger partial charge in [-0.1, -0.05) is 5.16 Å². The third kappa shape index (κ3) is 6.78. The Balaban J connectivity index is 1.18. The highest BCUT2D eigenvalue weighted by molar-refractivity contribution is 7.93. The summed E-state index contributed by atoms with van der Waals surface area (Å²) in [6, 6.07) is 10.4. The minimum Gasteiger partial charge on any atom is -0.495 e. The van der Waals surface area contributed by atoms with E-state index in [1.165, 1.54) is 21.3 Å². The summed E-state index contributed by atoms with van der Waals surface area (Å²) in [5, 5.41) is 12.7. The number of nitrogens with one attached hydrogen (secondary N) is 2. The molecule has 1 aliphatic heterocycles.